The van der Waals surface area contributed by atoms with Gasteiger partial charge in [0.25, 0.3) is 11.5 Å². The first kappa shape index (κ1) is 29.8. The van der Waals surface area contributed by atoms with Crippen LogP contribution in [0.4, 0.5) is 10.1 Å². The number of rotatable bonds is 6. The number of hydrogen-bond donors (Lipinski definition) is 0. The number of carbonyl (C=O) groups excluding carboxylic acids is 2. The summed E-state index contributed by atoms with van der Waals surface area (Å²) in [6.45, 7) is 2.12. The number of anilines is 1. The monoisotopic (exact) mass is 693 g/mol. The molecular weight excluding hydrogens is 669 g/mol. The van der Waals surface area contributed by atoms with E-state index in [4.69, 9.17) is 9.73 Å². The molecular formula is C36H25BrFN3O4S. The van der Waals surface area contributed by atoms with Crippen molar-refractivity contribution in [1.82, 2.24) is 4.57 Å². The number of benzene rings is 4. The SMILES string of the molecule is CCOC(=O)C1=C(c2ccccc2)N=c2s/c(=C3\C(=O)N(Cc4ccccc4)c4ccc(Br)cc43)c(=O)n2[C@H]1c1ccc(F)cc1. The minimum atomic E-state index is -0.987. The summed E-state index contributed by atoms with van der Waals surface area (Å²) in [6, 6.07) is 29.0. The molecule has 0 N–H and O–H groups in total. The highest BCUT2D eigenvalue weighted by atomic mass is 79.9. The second-order valence-electron chi connectivity index (χ2n) is 10.7. The first-order valence-corrected chi connectivity index (χ1v) is 16.2. The normalized spacial score (nSPS) is 16.6. The lowest BCUT2D eigenvalue weighted by molar-refractivity contribution is -0.138. The highest BCUT2D eigenvalue weighted by Crippen LogP contribution is 2.39. The van der Waals surface area contributed by atoms with Gasteiger partial charge in [-0.3, -0.25) is 14.2 Å². The van der Waals surface area contributed by atoms with E-state index in [0.29, 0.717) is 39.4 Å². The first-order chi connectivity index (χ1) is 22.4. The molecule has 7 rings (SSSR count). The lowest BCUT2D eigenvalue weighted by Gasteiger charge is -2.25. The Morgan fingerprint density at radius 1 is 0.957 bits per heavy atom. The topological polar surface area (TPSA) is 81.0 Å². The Bertz CT molecular complexity index is 2230. The number of carbonyl (C=O) groups is 2. The van der Waals surface area contributed by atoms with Crippen LogP contribution in [0.1, 0.15) is 35.2 Å². The average Bonchev–Trinajstić information content (AvgIpc) is 3.53. The lowest BCUT2D eigenvalue weighted by Crippen LogP contribution is -2.41. The summed E-state index contributed by atoms with van der Waals surface area (Å²) in [6.07, 6.45) is 0. The van der Waals surface area contributed by atoms with Crippen LogP contribution in [0.3, 0.4) is 0 Å². The molecule has 0 bridgehead atoms. The smallest absolute Gasteiger partial charge is 0.338 e. The highest BCUT2D eigenvalue weighted by Gasteiger charge is 2.38. The summed E-state index contributed by atoms with van der Waals surface area (Å²) < 4.78 is 22.0. The van der Waals surface area contributed by atoms with Crippen LogP contribution in [0, 0.1) is 5.82 Å². The summed E-state index contributed by atoms with van der Waals surface area (Å²) >= 11 is 4.63. The molecule has 0 saturated heterocycles. The van der Waals surface area contributed by atoms with E-state index in [2.05, 4.69) is 15.9 Å². The Morgan fingerprint density at radius 3 is 2.35 bits per heavy atom. The van der Waals surface area contributed by atoms with Crippen LogP contribution >= 0.6 is 27.3 Å². The molecule has 3 heterocycles. The molecule has 5 aromatic rings. The molecule has 2 aliphatic rings. The van der Waals surface area contributed by atoms with Crippen LogP contribution < -0.4 is 19.8 Å². The largest absolute Gasteiger partial charge is 0.463 e. The second-order valence-corrected chi connectivity index (χ2v) is 12.6. The fourth-order valence-corrected chi connectivity index (χ4v) is 7.35. The van der Waals surface area contributed by atoms with Crippen molar-refractivity contribution in [1.29, 1.82) is 0 Å². The van der Waals surface area contributed by atoms with Crippen molar-refractivity contribution in [2.45, 2.75) is 19.5 Å². The number of thiazole rings is 1. The highest BCUT2D eigenvalue weighted by molar-refractivity contribution is 9.10. The van der Waals surface area contributed by atoms with Crippen LogP contribution in [0.25, 0.3) is 11.3 Å². The zero-order valence-electron chi connectivity index (χ0n) is 24.4. The van der Waals surface area contributed by atoms with Gasteiger partial charge in [0, 0.05) is 15.6 Å². The van der Waals surface area contributed by atoms with Crippen molar-refractivity contribution in [3.05, 3.63) is 161 Å². The number of halogens is 2. The van der Waals surface area contributed by atoms with Crippen LogP contribution in [-0.4, -0.2) is 23.1 Å². The van der Waals surface area contributed by atoms with Gasteiger partial charge in [-0.2, -0.15) is 0 Å². The maximum atomic E-state index is 14.6. The molecule has 46 heavy (non-hydrogen) atoms. The van der Waals surface area contributed by atoms with Crippen LogP contribution in [0.2, 0.25) is 0 Å². The predicted octanol–water partition coefficient (Wildman–Crippen LogP) is 5.75. The van der Waals surface area contributed by atoms with Gasteiger partial charge in [-0.15, -0.1) is 0 Å². The molecule has 0 saturated carbocycles. The molecule has 0 aliphatic carbocycles. The van der Waals surface area contributed by atoms with Crippen LogP contribution in [0.5, 0.6) is 0 Å². The van der Waals surface area contributed by atoms with Crippen LogP contribution in [0.15, 0.2) is 123 Å². The fourth-order valence-electron chi connectivity index (χ4n) is 5.90. The van der Waals surface area contributed by atoms with E-state index in [-0.39, 0.29) is 28.2 Å². The minimum Gasteiger partial charge on any atom is -0.463 e. The number of amides is 1. The molecule has 0 unspecified atom stereocenters. The summed E-state index contributed by atoms with van der Waals surface area (Å²) in [5.41, 5.74) is 3.66. The Hall–Kier alpha value is -4.93. The molecule has 10 heteroatoms. The Kier molecular flexibility index (Phi) is 7.84. The third-order valence-corrected chi connectivity index (χ3v) is 9.47. The number of ether oxygens (including phenoxy) is 1. The van der Waals surface area contributed by atoms with Gasteiger partial charge in [0.15, 0.2) is 4.80 Å². The minimum absolute atomic E-state index is 0.104. The molecule has 1 amide bonds. The number of esters is 1. The van der Waals surface area contributed by atoms with Gasteiger partial charge < -0.3 is 9.64 Å². The summed E-state index contributed by atoms with van der Waals surface area (Å²) in [5.74, 6) is -1.41. The van der Waals surface area contributed by atoms with E-state index in [1.807, 2.05) is 78.9 Å². The van der Waals surface area contributed by atoms with Gasteiger partial charge in [-0.25, -0.2) is 14.2 Å². The van der Waals surface area contributed by atoms with E-state index in [1.165, 1.54) is 16.7 Å². The van der Waals surface area contributed by atoms with Gasteiger partial charge in [-0.1, -0.05) is 100 Å². The van der Waals surface area contributed by atoms with Gasteiger partial charge in [0.2, 0.25) is 0 Å². The Balaban J connectivity index is 1.52. The lowest BCUT2D eigenvalue weighted by atomic mass is 9.93. The van der Waals surface area contributed by atoms with Gasteiger partial charge in [0.1, 0.15) is 10.3 Å². The molecule has 2 aliphatic heterocycles. The maximum Gasteiger partial charge on any atom is 0.338 e. The molecule has 1 aromatic heterocycles. The van der Waals surface area contributed by atoms with Crippen LogP contribution in [-0.2, 0) is 20.9 Å². The maximum absolute atomic E-state index is 14.6. The van der Waals surface area contributed by atoms with Crippen molar-refractivity contribution in [3.8, 4) is 0 Å². The molecule has 4 aromatic carbocycles. The average molecular weight is 695 g/mol. The van der Waals surface area contributed by atoms with Gasteiger partial charge >= 0.3 is 5.97 Å². The third-order valence-electron chi connectivity index (χ3n) is 7.92. The van der Waals surface area contributed by atoms with E-state index in [9.17, 15) is 18.8 Å². The van der Waals surface area contributed by atoms with Crippen molar-refractivity contribution in [3.63, 3.8) is 0 Å². The van der Waals surface area contributed by atoms with Crippen molar-refractivity contribution in [2.75, 3.05) is 11.5 Å². The Labute approximate surface area is 275 Å². The van der Waals surface area contributed by atoms with E-state index in [1.54, 1.807) is 24.0 Å². The summed E-state index contributed by atoms with van der Waals surface area (Å²) in [5, 5.41) is 0. The van der Waals surface area contributed by atoms with E-state index in [0.717, 1.165) is 21.4 Å². The number of nitrogens with zero attached hydrogens (tertiary/aromatic N) is 3. The van der Waals surface area contributed by atoms with Crippen molar-refractivity contribution in [2.24, 2.45) is 4.99 Å². The quantitative estimate of drug-likeness (QED) is 0.212. The zero-order chi connectivity index (χ0) is 31.9. The van der Waals surface area contributed by atoms with E-state index < -0.39 is 23.4 Å². The molecule has 7 nitrogen and oxygen atoms in total. The molecule has 0 spiro atoms. The van der Waals surface area contributed by atoms with Crippen molar-refractivity contribution < 1.29 is 18.7 Å². The van der Waals surface area contributed by atoms with E-state index >= 15 is 0 Å². The molecule has 228 valence electrons. The zero-order valence-corrected chi connectivity index (χ0v) is 26.8. The number of fused-ring (bicyclic) bond motifs is 2. The summed E-state index contributed by atoms with van der Waals surface area (Å²) in [4.78, 5) is 49.4. The predicted molar refractivity (Wildman–Crippen MR) is 178 cm³/mol. The van der Waals surface area contributed by atoms with Gasteiger partial charge in [-0.05, 0) is 48.4 Å². The second kappa shape index (κ2) is 12.1. The molecule has 0 fully saturated rings. The molecule has 0 radical (unpaired) electrons. The molecule has 1 atom stereocenters. The Morgan fingerprint density at radius 2 is 1.65 bits per heavy atom. The number of hydrogen-bond acceptors (Lipinski definition) is 6. The first-order valence-electron chi connectivity index (χ1n) is 14.6. The third kappa shape index (κ3) is 5.13. The summed E-state index contributed by atoms with van der Waals surface area (Å²) in [7, 11) is 0. The van der Waals surface area contributed by atoms with Gasteiger partial charge in [0.05, 0.1) is 41.7 Å². The number of aromatic nitrogens is 1. The fraction of sp³-hybridized carbons (Fsp3) is 0.111. The standard InChI is InChI=1S/C36H25BrFN3O4S/c1-2-45-35(44)29-30(22-11-7-4-8-12-22)39-36-41(31(29)23-13-16-25(38)17-14-23)34(43)32(46-36)28-26-19-24(37)15-18-27(26)40(33(28)42)20-21-9-5-3-6-10-21/h3-19,31H,2,20H2,1H3/b32-28-/t31-/m0/s1. The van der Waals surface area contributed by atoms with Crippen molar-refractivity contribution >= 4 is 56.1 Å².